The van der Waals surface area contributed by atoms with Crippen LogP contribution in [0, 0.1) is 28.6 Å². The molecule has 2 bridgehead atoms. The molecule has 4 fully saturated rings. The first-order valence-corrected chi connectivity index (χ1v) is 9.87. The Hall–Kier alpha value is -2.02. The Bertz CT molecular complexity index is 788. The molecule has 2 spiro atoms. The Morgan fingerprint density at radius 1 is 1.32 bits per heavy atom. The second-order valence-electron chi connectivity index (χ2n) is 9.11. The van der Waals surface area contributed by atoms with Crippen LogP contribution in [0.2, 0.25) is 0 Å². The smallest absolute Gasteiger partial charge is 0.320 e. The molecule has 3 aliphatic carbocycles. The Morgan fingerprint density at radius 3 is 2.68 bits per heavy atom. The van der Waals surface area contributed by atoms with Gasteiger partial charge < -0.3 is 19.4 Å². The number of aldehydes is 1. The van der Waals surface area contributed by atoms with Gasteiger partial charge in [0.05, 0.1) is 18.6 Å². The molecule has 152 valence electrons. The van der Waals surface area contributed by atoms with Crippen molar-refractivity contribution in [3.8, 4) is 0 Å². The highest BCUT2D eigenvalue weighted by Gasteiger charge is 2.73. The van der Waals surface area contributed by atoms with Crippen LogP contribution in [0.5, 0.6) is 0 Å². The number of hydrogen-bond donors (Lipinski definition) is 1. The average molecular weight is 390 g/mol. The fraction of sp³-hybridized carbons (Fsp3) is 0.714. The van der Waals surface area contributed by atoms with Crippen molar-refractivity contribution in [2.45, 2.75) is 57.7 Å². The summed E-state index contributed by atoms with van der Waals surface area (Å²) >= 11 is 0. The molecule has 0 aromatic heterocycles. The predicted molar refractivity (Wildman–Crippen MR) is 95.8 cm³/mol. The van der Waals surface area contributed by atoms with E-state index in [1.54, 1.807) is 6.92 Å². The number of carbonyl (C=O) groups excluding carboxylic acids is 4. The normalized spacial score (nSPS) is 47.5. The quantitative estimate of drug-likeness (QED) is 0.328. The standard InChI is InChI=1S/C21H26O7/c1-11-13-4-5-14-20(10-27-18(26)21(14,8-13)17(11)25)7-6-16(24)19(3,15(20)9-22)28-12(2)23/h9,13-16,24H,1,4-8,10H2,2-3H3. The number of aliphatic hydroxyl groups excluding tert-OH is 1. The molecule has 4 aliphatic rings. The summed E-state index contributed by atoms with van der Waals surface area (Å²) in [6, 6.07) is 0. The molecule has 7 atom stereocenters. The number of cyclic esters (lactones) is 1. The summed E-state index contributed by atoms with van der Waals surface area (Å²) in [6.45, 7) is 6.69. The van der Waals surface area contributed by atoms with Crippen LogP contribution in [0.1, 0.15) is 46.0 Å². The van der Waals surface area contributed by atoms with E-state index in [1.165, 1.54) is 6.92 Å². The van der Waals surface area contributed by atoms with Crippen molar-refractivity contribution in [3.05, 3.63) is 12.2 Å². The first-order valence-electron chi connectivity index (χ1n) is 9.87. The lowest BCUT2D eigenvalue weighted by atomic mass is 9.46. The highest BCUT2D eigenvalue weighted by Crippen LogP contribution is 2.66. The van der Waals surface area contributed by atoms with Gasteiger partial charge in [-0.3, -0.25) is 14.4 Å². The second kappa shape index (κ2) is 5.99. The van der Waals surface area contributed by atoms with Gasteiger partial charge in [-0.15, -0.1) is 0 Å². The third-order valence-electron chi connectivity index (χ3n) is 7.97. The Kier molecular flexibility index (Phi) is 4.13. The number of carbonyl (C=O) groups is 4. The first-order chi connectivity index (χ1) is 13.1. The summed E-state index contributed by atoms with van der Waals surface area (Å²) in [5.41, 5.74) is -3.13. The molecule has 1 heterocycles. The second-order valence-corrected chi connectivity index (χ2v) is 9.11. The molecule has 4 rings (SSSR count). The van der Waals surface area contributed by atoms with E-state index < -0.39 is 46.3 Å². The summed E-state index contributed by atoms with van der Waals surface area (Å²) < 4.78 is 11.1. The van der Waals surface area contributed by atoms with Crippen LogP contribution in [0.3, 0.4) is 0 Å². The number of Topliss-reactive ketones (excluding diaryl/α,β-unsaturated/α-hetero) is 1. The fourth-order valence-corrected chi connectivity index (χ4v) is 6.68. The minimum Gasteiger partial charge on any atom is -0.464 e. The average Bonchev–Trinajstić information content (AvgIpc) is 2.83. The minimum absolute atomic E-state index is 0.0182. The predicted octanol–water partition coefficient (Wildman–Crippen LogP) is 1.36. The molecule has 0 amide bonds. The van der Waals surface area contributed by atoms with E-state index in [0.29, 0.717) is 31.1 Å². The molecule has 7 heteroatoms. The van der Waals surface area contributed by atoms with Gasteiger partial charge in [-0.2, -0.15) is 0 Å². The number of rotatable bonds is 2. The zero-order chi connectivity index (χ0) is 20.5. The van der Waals surface area contributed by atoms with Crippen molar-refractivity contribution in [2.75, 3.05) is 6.61 Å². The molecule has 7 nitrogen and oxygen atoms in total. The number of ketones is 1. The third-order valence-corrected chi connectivity index (χ3v) is 7.97. The van der Waals surface area contributed by atoms with Crippen molar-refractivity contribution in [1.29, 1.82) is 0 Å². The van der Waals surface area contributed by atoms with E-state index in [0.717, 1.165) is 6.42 Å². The van der Waals surface area contributed by atoms with Gasteiger partial charge in [-0.1, -0.05) is 6.58 Å². The Morgan fingerprint density at radius 2 is 2.04 bits per heavy atom. The van der Waals surface area contributed by atoms with Crippen molar-refractivity contribution < 1.29 is 33.8 Å². The summed E-state index contributed by atoms with van der Waals surface area (Å²) in [6.07, 6.45) is 2.09. The molecule has 28 heavy (non-hydrogen) atoms. The van der Waals surface area contributed by atoms with Gasteiger partial charge in [0.1, 0.15) is 17.3 Å². The number of esters is 2. The molecular formula is C21H26O7. The van der Waals surface area contributed by atoms with E-state index in [1.807, 2.05) is 0 Å². The van der Waals surface area contributed by atoms with E-state index in [4.69, 9.17) is 9.47 Å². The molecule has 0 aromatic carbocycles. The maximum absolute atomic E-state index is 13.2. The van der Waals surface area contributed by atoms with Crippen molar-refractivity contribution >= 4 is 24.0 Å². The lowest BCUT2D eigenvalue weighted by Gasteiger charge is -2.60. The van der Waals surface area contributed by atoms with Crippen LogP contribution in [0.4, 0.5) is 0 Å². The number of hydrogen-bond acceptors (Lipinski definition) is 7. The maximum atomic E-state index is 13.2. The number of allylic oxidation sites excluding steroid dienone is 1. The van der Waals surface area contributed by atoms with Gasteiger partial charge in [0.15, 0.2) is 5.78 Å². The summed E-state index contributed by atoms with van der Waals surface area (Å²) in [5.74, 6) is -2.71. The van der Waals surface area contributed by atoms with Crippen LogP contribution in [-0.2, 0) is 28.7 Å². The molecular weight excluding hydrogens is 364 g/mol. The summed E-state index contributed by atoms with van der Waals surface area (Å²) in [4.78, 5) is 50.1. The van der Waals surface area contributed by atoms with Gasteiger partial charge in [-0.05, 0) is 56.4 Å². The fourth-order valence-electron chi connectivity index (χ4n) is 6.68. The number of ether oxygens (including phenoxy) is 2. The van der Waals surface area contributed by atoms with Crippen LogP contribution >= 0.6 is 0 Å². The minimum atomic E-state index is -1.44. The SMILES string of the molecule is C=C1C(=O)C23CC1CCC2C1(CCC(O)C(C)(OC(C)=O)C1C=O)COC3=O. The summed E-state index contributed by atoms with van der Waals surface area (Å²) in [5, 5.41) is 10.6. The van der Waals surface area contributed by atoms with Crippen LogP contribution in [0.15, 0.2) is 12.2 Å². The van der Waals surface area contributed by atoms with Crippen LogP contribution < -0.4 is 0 Å². The molecule has 1 saturated heterocycles. The largest absolute Gasteiger partial charge is 0.464 e. The molecule has 1 aliphatic heterocycles. The Labute approximate surface area is 163 Å². The van der Waals surface area contributed by atoms with Gasteiger partial charge in [0.25, 0.3) is 0 Å². The van der Waals surface area contributed by atoms with Crippen molar-refractivity contribution in [3.63, 3.8) is 0 Å². The van der Waals surface area contributed by atoms with E-state index >= 15 is 0 Å². The summed E-state index contributed by atoms with van der Waals surface area (Å²) in [7, 11) is 0. The van der Waals surface area contributed by atoms with Crippen LogP contribution in [0.25, 0.3) is 0 Å². The van der Waals surface area contributed by atoms with Crippen molar-refractivity contribution in [2.24, 2.45) is 28.6 Å². The number of aliphatic hydroxyl groups is 1. The molecule has 0 radical (unpaired) electrons. The lowest BCUT2D eigenvalue weighted by molar-refractivity contribution is -0.242. The molecule has 0 aromatic rings. The van der Waals surface area contributed by atoms with Crippen molar-refractivity contribution in [1.82, 2.24) is 0 Å². The van der Waals surface area contributed by atoms with E-state index in [2.05, 4.69) is 6.58 Å². The first kappa shape index (κ1) is 19.3. The van der Waals surface area contributed by atoms with Gasteiger partial charge in [0, 0.05) is 12.3 Å². The van der Waals surface area contributed by atoms with Crippen LogP contribution in [-0.4, -0.2) is 47.4 Å². The van der Waals surface area contributed by atoms with Gasteiger partial charge in [0.2, 0.25) is 0 Å². The monoisotopic (exact) mass is 390 g/mol. The highest BCUT2D eigenvalue weighted by atomic mass is 16.6. The van der Waals surface area contributed by atoms with E-state index in [-0.39, 0.29) is 24.7 Å². The molecule has 3 saturated carbocycles. The maximum Gasteiger partial charge on any atom is 0.320 e. The zero-order valence-electron chi connectivity index (χ0n) is 16.2. The number of fused-ring (bicyclic) bond motifs is 2. The molecule has 7 unspecified atom stereocenters. The lowest BCUT2D eigenvalue weighted by Crippen LogP contribution is -2.68. The zero-order valence-corrected chi connectivity index (χ0v) is 16.2. The highest BCUT2D eigenvalue weighted by molar-refractivity contribution is 6.15. The van der Waals surface area contributed by atoms with Gasteiger partial charge in [-0.25, -0.2) is 0 Å². The van der Waals surface area contributed by atoms with Gasteiger partial charge >= 0.3 is 11.9 Å². The van der Waals surface area contributed by atoms with E-state index in [9.17, 15) is 24.3 Å². The topological polar surface area (TPSA) is 107 Å². The third kappa shape index (κ3) is 2.14. The molecule has 1 N–H and O–H groups in total. The Balaban J connectivity index is 1.85.